The number of rotatable bonds is 5. The van der Waals surface area contributed by atoms with Crippen LogP contribution in [-0.2, 0) is 9.53 Å². The van der Waals surface area contributed by atoms with Gasteiger partial charge in [-0.15, -0.1) is 0 Å². The van der Waals surface area contributed by atoms with Gasteiger partial charge in [0.2, 0.25) is 0 Å². The van der Waals surface area contributed by atoms with E-state index in [1.165, 1.54) is 0 Å². The van der Waals surface area contributed by atoms with Gasteiger partial charge in [-0.2, -0.15) is 0 Å². The van der Waals surface area contributed by atoms with Crippen LogP contribution in [0.3, 0.4) is 0 Å². The normalized spacial score (nSPS) is 20.2. The number of carbonyl (C=O) groups is 1. The van der Waals surface area contributed by atoms with Gasteiger partial charge in [0.05, 0.1) is 0 Å². The summed E-state index contributed by atoms with van der Waals surface area (Å²) in [6, 6.07) is 0. The molecule has 0 amide bonds. The zero-order chi connectivity index (χ0) is 12.1. The average molecular weight is 220 g/mol. The van der Waals surface area contributed by atoms with Crippen molar-refractivity contribution in [2.24, 2.45) is 0 Å². The molecule has 1 rings (SSSR count). The summed E-state index contributed by atoms with van der Waals surface area (Å²) >= 11 is 0. The van der Waals surface area contributed by atoms with Crippen molar-refractivity contribution in [3.8, 4) is 0 Å². The van der Waals surface area contributed by atoms with Crippen molar-refractivity contribution in [1.29, 1.82) is 0 Å². The third-order valence-electron chi connectivity index (χ3n) is 2.65. The summed E-state index contributed by atoms with van der Waals surface area (Å²) in [6.45, 7) is 6.01. The topological polar surface area (TPSA) is 26.3 Å². The van der Waals surface area contributed by atoms with Gasteiger partial charge in [0, 0.05) is 12.7 Å². The maximum Gasteiger partial charge on any atom is 0.195 e. The van der Waals surface area contributed by atoms with E-state index < -0.39 is 0 Å². The lowest BCUT2D eigenvalue weighted by molar-refractivity contribution is -0.125. The van der Waals surface area contributed by atoms with Crippen molar-refractivity contribution in [1.82, 2.24) is 0 Å². The lowest BCUT2D eigenvalue weighted by Crippen LogP contribution is -2.37. The fourth-order valence-electron chi connectivity index (χ4n) is 1.89. The van der Waals surface area contributed by atoms with Crippen molar-refractivity contribution in [3.05, 3.63) is 34.9 Å². The summed E-state index contributed by atoms with van der Waals surface area (Å²) in [4.78, 5) is 11.7. The molecule has 0 aromatic carbocycles. The van der Waals surface area contributed by atoms with E-state index in [0.717, 1.165) is 29.6 Å². The summed E-state index contributed by atoms with van der Waals surface area (Å²) < 4.78 is 5.19. The molecule has 0 fully saturated rings. The highest BCUT2D eigenvalue weighted by atomic mass is 16.5. The second kappa shape index (κ2) is 5.80. The number of ketones is 1. The van der Waals surface area contributed by atoms with Gasteiger partial charge in [-0.3, -0.25) is 4.79 Å². The number of allylic oxidation sites excluding steroid dienone is 4. The van der Waals surface area contributed by atoms with Crippen molar-refractivity contribution in [2.45, 2.75) is 39.7 Å². The molecule has 0 N–H and O–H groups in total. The number of methoxy groups -OCH3 is 1. The fraction of sp³-hybridized carbons (Fsp3) is 0.500. The molecule has 1 aliphatic rings. The Balaban J connectivity index is 2.83. The number of hydrogen-bond acceptors (Lipinski definition) is 2. The molecular formula is C14H20O2. The minimum atomic E-state index is -0.296. The highest BCUT2D eigenvalue weighted by Crippen LogP contribution is 2.32. The van der Waals surface area contributed by atoms with Crippen LogP contribution in [0.25, 0.3) is 0 Å². The molecule has 0 aromatic rings. The van der Waals surface area contributed by atoms with Crippen molar-refractivity contribution in [2.75, 3.05) is 7.11 Å². The summed E-state index contributed by atoms with van der Waals surface area (Å²) in [7, 11) is 1.59. The minimum Gasteiger partial charge on any atom is -0.369 e. The van der Waals surface area contributed by atoms with E-state index >= 15 is 0 Å². The molecule has 0 aromatic heterocycles. The molecule has 0 aliphatic heterocycles. The van der Waals surface area contributed by atoms with Crippen LogP contribution in [0.1, 0.15) is 33.6 Å². The van der Waals surface area contributed by atoms with Crippen LogP contribution in [0.5, 0.6) is 0 Å². The predicted molar refractivity (Wildman–Crippen MR) is 66.3 cm³/mol. The molecule has 0 radical (unpaired) electrons. The van der Waals surface area contributed by atoms with Crippen LogP contribution < -0.4 is 0 Å². The van der Waals surface area contributed by atoms with Gasteiger partial charge < -0.3 is 4.74 Å². The van der Waals surface area contributed by atoms with Gasteiger partial charge in [0.25, 0.3) is 0 Å². The summed E-state index contributed by atoms with van der Waals surface area (Å²) in [5.74, 6) is 0.124. The first-order valence-corrected chi connectivity index (χ1v) is 5.68. The number of hydrogen-bond donors (Lipinski definition) is 0. The van der Waals surface area contributed by atoms with Crippen LogP contribution in [0.15, 0.2) is 34.9 Å². The average Bonchev–Trinajstić information content (AvgIpc) is 2.25. The SMILES string of the molecule is C/C=C\CCC1=C(C=C(C)C)C(=O)C1OC. The molecule has 1 atom stereocenters. The number of carbonyl (C=O) groups excluding carboxylic acids is 1. The molecule has 0 saturated carbocycles. The predicted octanol–water partition coefficient (Wildman–Crippen LogP) is 3.20. The standard InChI is InChI=1S/C14H20O2/c1-5-6-7-8-11-12(9-10(2)3)13(15)14(11)16-4/h5-6,9,14H,7-8H2,1-4H3/b6-5-. The van der Waals surface area contributed by atoms with E-state index in [1.54, 1.807) is 7.11 Å². The Hall–Kier alpha value is -1.15. The number of ether oxygens (including phenoxy) is 1. The summed E-state index contributed by atoms with van der Waals surface area (Å²) in [5, 5.41) is 0. The fourth-order valence-corrected chi connectivity index (χ4v) is 1.89. The largest absolute Gasteiger partial charge is 0.369 e. The Morgan fingerprint density at radius 2 is 2.12 bits per heavy atom. The molecule has 0 bridgehead atoms. The van der Waals surface area contributed by atoms with Gasteiger partial charge in [-0.05, 0) is 39.2 Å². The molecule has 88 valence electrons. The van der Waals surface area contributed by atoms with Crippen LogP contribution in [0, 0.1) is 0 Å². The zero-order valence-electron chi connectivity index (χ0n) is 10.5. The Kier molecular flexibility index (Phi) is 4.69. The van der Waals surface area contributed by atoms with Crippen molar-refractivity contribution >= 4 is 5.78 Å². The third kappa shape index (κ3) is 2.70. The van der Waals surface area contributed by atoms with Gasteiger partial charge in [0.15, 0.2) is 5.78 Å². The zero-order valence-corrected chi connectivity index (χ0v) is 10.5. The molecule has 1 aliphatic carbocycles. The molecule has 2 heteroatoms. The second-order valence-electron chi connectivity index (χ2n) is 4.25. The first-order chi connectivity index (χ1) is 7.61. The van der Waals surface area contributed by atoms with E-state index in [9.17, 15) is 4.79 Å². The Labute approximate surface area is 97.7 Å². The van der Waals surface area contributed by atoms with Crippen molar-refractivity contribution in [3.63, 3.8) is 0 Å². The van der Waals surface area contributed by atoms with Crippen molar-refractivity contribution < 1.29 is 9.53 Å². The molecule has 16 heavy (non-hydrogen) atoms. The Morgan fingerprint density at radius 1 is 1.44 bits per heavy atom. The highest BCUT2D eigenvalue weighted by molar-refractivity contribution is 6.11. The van der Waals surface area contributed by atoms with Crippen LogP contribution in [-0.4, -0.2) is 19.0 Å². The summed E-state index contributed by atoms with van der Waals surface area (Å²) in [6.07, 6.45) is 7.69. The number of Topliss-reactive ketones (excluding diaryl/α,β-unsaturated/α-hetero) is 1. The lowest BCUT2D eigenvalue weighted by atomic mass is 9.80. The highest BCUT2D eigenvalue weighted by Gasteiger charge is 2.36. The molecule has 0 saturated heterocycles. The molecule has 0 spiro atoms. The Bertz CT molecular complexity index is 355. The maximum absolute atomic E-state index is 11.7. The molecule has 0 heterocycles. The van der Waals surface area contributed by atoms with Gasteiger partial charge >= 0.3 is 0 Å². The first-order valence-electron chi connectivity index (χ1n) is 5.68. The third-order valence-corrected chi connectivity index (χ3v) is 2.65. The van der Waals surface area contributed by atoms with Crippen LogP contribution in [0.4, 0.5) is 0 Å². The van der Waals surface area contributed by atoms with E-state index in [2.05, 4.69) is 6.08 Å². The molecular weight excluding hydrogens is 200 g/mol. The van der Waals surface area contributed by atoms with Crippen LogP contribution >= 0.6 is 0 Å². The van der Waals surface area contributed by atoms with Crippen LogP contribution in [0.2, 0.25) is 0 Å². The van der Waals surface area contributed by atoms with Gasteiger partial charge in [0.1, 0.15) is 6.10 Å². The maximum atomic E-state index is 11.7. The minimum absolute atomic E-state index is 0.124. The van der Waals surface area contributed by atoms with Gasteiger partial charge in [-0.1, -0.05) is 23.8 Å². The van der Waals surface area contributed by atoms with Gasteiger partial charge in [-0.25, -0.2) is 0 Å². The van der Waals surface area contributed by atoms with E-state index in [4.69, 9.17) is 4.74 Å². The summed E-state index contributed by atoms with van der Waals surface area (Å²) in [5.41, 5.74) is 3.16. The Morgan fingerprint density at radius 3 is 2.62 bits per heavy atom. The quantitative estimate of drug-likeness (QED) is 0.665. The lowest BCUT2D eigenvalue weighted by Gasteiger charge is -2.29. The van der Waals surface area contributed by atoms with E-state index in [1.807, 2.05) is 32.9 Å². The monoisotopic (exact) mass is 220 g/mol. The second-order valence-corrected chi connectivity index (χ2v) is 4.25. The first kappa shape index (κ1) is 12.9. The van der Waals surface area contributed by atoms with E-state index in [0.29, 0.717) is 0 Å². The smallest absolute Gasteiger partial charge is 0.195 e. The molecule has 1 unspecified atom stereocenters. The molecule has 2 nitrogen and oxygen atoms in total. The van der Waals surface area contributed by atoms with E-state index in [-0.39, 0.29) is 11.9 Å².